The second-order valence-corrected chi connectivity index (χ2v) is 8.00. The van der Waals surface area contributed by atoms with E-state index in [1.54, 1.807) is 6.07 Å². The molecule has 1 aromatic carbocycles. The Morgan fingerprint density at radius 3 is 2.96 bits per heavy atom. The van der Waals surface area contributed by atoms with Gasteiger partial charge in [0.25, 0.3) is 0 Å². The number of rotatable bonds is 4. The van der Waals surface area contributed by atoms with Gasteiger partial charge >= 0.3 is 0 Å². The van der Waals surface area contributed by atoms with E-state index in [9.17, 15) is 14.4 Å². The normalized spacial score (nSPS) is 13.2. The summed E-state index contributed by atoms with van der Waals surface area (Å²) in [6, 6.07) is 6.59. The van der Waals surface area contributed by atoms with Crippen molar-refractivity contribution < 1.29 is 9.18 Å². The Labute approximate surface area is 152 Å². The highest BCUT2D eigenvalue weighted by Crippen LogP contribution is 2.37. The first-order valence-electron chi connectivity index (χ1n) is 7.51. The lowest BCUT2D eigenvalue weighted by molar-refractivity contribution is -0.113. The molecule has 1 heterocycles. The molecular weight excluding hydrogens is 367 g/mol. The number of carbonyl (C=O) groups is 1. The summed E-state index contributed by atoms with van der Waals surface area (Å²) < 4.78 is 13.1. The molecule has 0 aliphatic heterocycles. The topological polar surface area (TPSA) is 52.9 Å². The Morgan fingerprint density at radius 1 is 1.42 bits per heavy atom. The Hall–Kier alpha value is -1.55. The molecular formula is C17H14ClFN2OS2. The summed E-state index contributed by atoms with van der Waals surface area (Å²) in [5.74, 6) is -0.487. The van der Waals surface area contributed by atoms with Crippen molar-refractivity contribution in [3.63, 3.8) is 0 Å². The van der Waals surface area contributed by atoms with E-state index >= 15 is 0 Å². The van der Waals surface area contributed by atoms with Crippen molar-refractivity contribution in [2.24, 2.45) is 0 Å². The van der Waals surface area contributed by atoms with Gasteiger partial charge in [-0.2, -0.15) is 5.26 Å². The number of carbonyl (C=O) groups excluding carboxylic acids is 1. The fourth-order valence-electron chi connectivity index (χ4n) is 2.65. The number of hydrogen-bond acceptors (Lipinski definition) is 4. The molecule has 3 rings (SSSR count). The number of anilines is 1. The smallest absolute Gasteiger partial charge is 0.235 e. The first-order chi connectivity index (χ1) is 11.6. The molecule has 1 aliphatic rings. The van der Waals surface area contributed by atoms with Gasteiger partial charge in [-0.25, -0.2) is 4.39 Å². The summed E-state index contributed by atoms with van der Waals surface area (Å²) in [4.78, 5) is 14.1. The van der Waals surface area contributed by atoms with Crippen LogP contribution >= 0.6 is 34.7 Å². The van der Waals surface area contributed by atoms with Gasteiger partial charge in [0.2, 0.25) is 5.91 Å². The lowest BCUT2D eigenvalue weighted by Gasteiger charge is -2.09. The molecule has 0 unspecified atom stereocenters. The number of thiophene rings is 1. The highest BCUT2D eigenvalue weighted by molar-refractivity contribution is 8.00. The van der Waals surface area contributed by atoms with Gasteiger partial charge in [-0.1, -0.05) is 11.6 Å². The number of nitrogens with one attached hydrogen (secondary N) is 1. The van der Waals surface area contributed by atoms with Gasteiger partial charge in [0.1, 0.15) is 16.9 Å². The molecule has 0 radical (unpaired) electrons. The van der Waals surface area contributed by atoms with E-state index in [-0.39, 0.29) is 16.7 Å². The van der Waals surface area contributed by atoms with Crippen LogP contribution in [0.3, 0.4) is 0 Å². The van der Waals surface area contributed by atoms with Gasteiger partial charge in [-0.05, 0) is 49.4 Å². The summed E-state index contributed by atoms with van der Waals surface area (Å²) in [6.45, 7) is 0. The Balaban J connectivity index is 1.66. The van der Waals surface area contributed by atoms with Crippen molar-refractivity contribution in [1.82, 2.24) is 0 Å². The predicted molar refractivity (Wildman–Crippen MR) is 96.4 cm³/mol. The molecule has 1 N–H and O–H groups in total. The zero-order valence-electron chi connectivity index (χ0n) is 12.7. The van der Waals surface area contributed by atoms with Crippen molar-refractivity contribution in [2.45, 2.75) is 30.6 Å². The molecule has 24 heavy (non-hydrogen) atoms. The third-order valence-electron chi connectivity index (χ3n) is 3.80. The first kappa shape index (κ1) is 17.3. The average Bonchev–Trinajstić information content (AvgIpc) is 2.92. The van der Waals surface area contributed by atoms with Crippen LogP contribution in [-0.4, -0.2) is 11.7 Å². The van der Waals surface area contributed by atoms with E-state index in [0.29, 0.717) is 10.6 Å². The number of thioether (sulfide) groups is 1. The second-order valence-electron chi connectivity index (χ2n) is 5.44. The van der Waals surface area contributed by atoms with E-state index in [0.717, 1.165) is 36.1 Å². The maximum Gasteiger partial charge on any atom is 0.235 e. The van der Waals surface area contributed by atoms with Crippen LogP contribution < -0.4 is 5.32 Å². The molecule has 7 heteroatoms. The Kier molecular flexibility index (Phi) is 5.44. The quantitative estimate of drug-likeness (QED) is 0.757. The van der Waals surface area contributed by atoms with Crippen LogP contribution in [-0.2, 0) is 17.6 Å². The molecule has 124 valence electrons. The van der Waals surface area contributed by atoms with Gasteiger partial charge in [-0.3, -0.25) is 4.79 Å². The molecule has 0 saturated heterocycles. The van der Waals surface area contributed by atoms with Crippen LogP contribution in [0.15, 0.2) is 23.1 Å². The van der Waals surface area contributed by atoms with Crippen LogP contribution in [0.5, 0.6) is 0 Å². The van der Waals surface area contributed by atoms with Crippen LogP contribution in [0.2, 0.25) is 5.02 Å². The molecule has 3 nitrogen and oxygen atoms in total. The van der Waals surface area contributed by atoms with E-state index in [4.69, 9.17) is 11.6 Å². The second kappa shape index (κ2) is 7.56. The van der Waals surface area contributed by atoms with Gasteiger partial charge in [0, 0.05) is 9.77 Å². The van der Waals surface area contributed by atoms with Gasteiger partial charge in [0.05, 0.1) is 16.3 Å². The van der Waals surface area contributed by atoms with Gasteiger partial charge in [0.15, 0.2) is 0 Å². The largest absolute Gasteiger partial charge is 0.316 e. The predicted octanol–water partition coefficient (Wildman–Crippen LogP) is 5.02. The highest BCUT2D eigenvalue weighted by atomic mass is 35.5. The number of nitrogens with zero attached hydrogens (tertiary/aromatic N) is 1. The number of benzene rings is 1. The van der Waals surface area contributed by atoms with E-state index in [2.05, 4.69) is 11.4 Å². The molecule has 0 bridgehead atoms. The number of hydrogen-bond donors (Lipinski definition) is 1. The molecule has 1 aromatic heterocycles. The minimum Gasteiger partial charge on any atom is -0.316 e. The molecule has 1 aliphatic carbocycles. The highest BCUT2D eigenvalue weighted by Gasteiger charge is 2.21. The first-order valence-corrected chi connectivity index (χ1v) is 9.69. The number of nitriles is 1. The third kappa shape index (κ3) is 3.75. The van der Waals surface area contributed by atoms with Crippen LogP contribution in [0.4, 0.5) is 9.39 Å². The number of aryl methyl sites for hydroxylation is 1. The minimum atomic E-state index is -0.478. The molecule has 0 atom stereocenters. The third-order valence-corrected chi connectivity index (χ3v) is 6.29. The SMILES string of the molecule is N#Cc1c(NC(=O)CSc2ccc(F)c(Cl)c2)sc2c1CCCC2. The molecule has 0 fully saturated rings. The number of fused-ring (bicyclic) bond motifs is 1. The summed E-state index contributed by atoms with van der Waals surface area (Å²) >= 11 is 8.52. The Morgan fingerprint density at radius 2 is 2.21 bits per heavy atom. The summed E-state index contributed by atoms with van der Waals surface area (Å²) in [7, 11) is 0. The summed E-state index contributed by atoms with van der Waals surface area (Å²) in [5.41, 5.74) is 1.71. The van der Waals surface area contributed by atoms with Crippen molar-refractivity contribution in [3.8, 4) is 6.07 Å². The fraction of sp³-hybridized carbons (Fsp3) is 0.294. The number of amides is 1. The lowest BCUT2D eigenvalue weighted by Crippen LogP contribution is -2.14. The van der Waals surface area contributed by atoms with Crippen molar-refractivity contribution in [3.05, 3.63) is 45.0 Å². The maximum atomic E-state index is 13.1. The summed E-state index contributed by atoms with van der Waals surface area (Å²) in [5, 5.41) is 12.9. The Bertz CT molecular complexity index is 829. The zero-order chi connectivity index (χ0) is 17.1. The van der Waals surface area contributed by atoms with E-state index < -0.39 is 5.82 Å². The minimum absolute atomic E-state index is 0.0399. The standard InChI is InChI=1S/C17H14ClFN2OS2/c18-13-7-10(5-6-14(13)19)23-9-16(22)21-17-12(8-20)11-3-1-2-4-15(11)24-17/h5-7H,1-4,9H2,(H,21,22). The van der Waals surface area contributed by atoms with Crippen LogP contribution in [0.25, 0.3) is 0 Å². The molecule has 1 amide bonds. The van der Waals surface area contributed by atoms with Crippen LogP contribution in [0, 0.1) is 17.1 Å². The average molecular weight is 381 g/mol. The zero-order valence-corrected chi connectivity index (χ0v) is 15.1. The lowest BCUT2D eigenvalue weighted by atomic mass is 9.96. The maximum absolute atomic E-state index is 13.1. The van der Waals surface area contributed by atoms with Crippen molar-refractivity contribution in [1.29, 1.82) is 5.26 Å². The van der Waals surface area contributed by atoms with Gasteiger partial charge < -0.3 is 5.32 Å². The van der Waals surface area contributed by atoms with Gasteiger partial charge in [-0.15, -0.1) is 23.1 Å². The fourth-order valence-corrected chi connectivity index (χ4v) is 4.89. The van der Waals surface area contributed by atoms with E-state index in [1.807, 2.05) is 0 Å². The van der Waals surface area contributed by atoms with E-state index in [1.165, 1.54) is 40.1 Å². The molecule has 2 aromatic rings. The number of halogens is 2. The molecule has 0 saturated carbocycles. The van der Waals surface area contributed by atoms with Crippen molar-refractivity contribution >= 4 is 45.6 Å². The summed E-state index contributed by atoms with van der Waals surface area (Å²) in [6.07, 6.45) is 4.11. The monoisotopic (exact) mass is 380 g/mol. The molecule has 0 spiro atoms. The van der Waals surface area contributed by atoms with Crippen molar-refractivity contribution in [2.75, 3.05) is 11.1 Å². The van der Waals surface area contributed by atoms with Crippen LogP contribution in [0.1, 0.15) is 28.8 Å².